The summed E-state index contributed by atoms with van der Waals surface area (Å²) >= 11 is 0. The Balaban J connectivity index is 2.59. The van der Waals surface area contributed by atoms with Gasteiger partial charge in [-0.25, -0.2) is 4.79 Å². The van der Waals surface area contributed by atoms with Gasteiger partial charge in [-0.05, 0) is 30.7 Å². The Bertz CT molecular complexity index is 432. The molecule has 0 unspecified atom stereocenters. The van der Waals surface area contributed by atoms with E-state index in [4.69, 9.17) is 9.47 Å². The van der Waals surface area contributed by atoms with Gasteiger partial charge in [-0.15, -0.1) is 0 Å². The van der Waals surface area contributed by atoms with Gasteiger partial charge in [-0.1, -0.05) is 18.2 Å². The van der Waals surface area contributed by atoms with E-state index in [1.54, 1.807) is 37.5 Å². The number of carbonyl (C=O) groups is 2. The molecule has 0 aromatic heterocycles. The van der Waals surface area contributed by atoms with E-state index < -0.39 is 0 Å². The maximum absolute atomic E-state index is 11.5. The van der Waals surface area contributed by atoms with Gasteiger partial charge in [0.1, 0.15) is 6.61 Å². The van der Waals surface area contributed by atoms with Gasteiger partial charge in [0.15, 0.2) is 5.78 Å². The van der Waals surface area contributed by atoms with Crippen LogP contribution in [0, 0.1) is 0 Å². The fourth-order valence-electron chi connectivity index (χ4n) is 1.24. The first-order valence-electron chi connectivity index (χ1n) is 5.58. The third-order valence-electron chi connectivity index (χ3n) is 2.18. The van der Waals surface area contributed by atoms with Gasteiger partial charge in [0.2, 0.25) is 0 Å². The first kappa shape index (κ1) is 14.1. The fraction of sp³-hybridized carbons (Fsp3) is 0.286. The average molecular weight is 248 g/mol. The Morgan fingerprint density at radius 2 is 1.83 bits per heavy atom. The highest BCUT2D eigenvalue weighted by atomic mass is 16.6. The van der Waals surface area contributed by atoms with Crippen molar-refractivity contribution < 1.29 is 19.1 Å². The van der Waals surface area contributed by atoms with Crippen molar-refractivity contribution in [2.45, 2.75) is 6.92 Å². The van der Waals surface area contributed by atoms with Gasteiger partial charge in [0.05, 0.1) is 12.2 Å². The summed E-state index contributed by atoms with van der Waals surface area (Å²) in [6.45, 7) is 2.10. The summed E-state index contributed by atoms with van der Waals surface area (Å²) in [7, 11) is 1.55. The molecular weight excluding hydrogens is 232 g/mol. The Kier molecular flexibility index (Phi) is 5.80. The molecule has 0 aliphatic carbocycles. The van der Waals surface area contributed by atoms with Gasteiger partial charge in [-0.3, -0.25) is 4.79 Å². The SMILES string of the molecule is COCCOC(=O)c1ccc(/C=C/C(C)=O)cc1. The molecule has 1 aromatic carbocycles. The molecule has 4 nitrogen and oxygen atoms in total. The molecule has 1 rings (SSSR count). The Labute approximate surface area is 106 Å². The number of rotatable bonds is 6. The molecule has 0 saturated carbocycles. The summed E-state index contributed by atoms with van der Waals surface area (Å²) in [4.78, 5) is 22.3. The topological polar surface area (TPSA) is 52.6 Å². The predicted molar refractivity (Wildman–Crippen MR) is 68.3 cm³/mol. The summed E-state index contributed by atoms with van der Waals surface area (Å²) < 4.78 is 9.75. The van der Waals surface area contributed by atoms with Gasteiger partial charge in [0, 0.05) is 7.11 Å². The Hall–Kier alpha value is -1.94. The number of ketones is 1. The summed E-state index contributed by atoms with van der Waals surface area (Å²) in [6.07, 6.45) is 3.17. The molecule has 1 aromatic rings. The van der Waals surface area contributed by atoms with Crippen LogP contribution in [-0.2, 0) is 14.3 Å². The first-order valence-corrected chi connectivity index (χ1v) is 5.58. The predicted octanol–water partition coefficient (Wildman–Crippen LogP) is 2.09. The number of ether oxygens (including phenoxy) is 2. The minimum Gasteiger partial charge on any atom is -0.460 e. The first-order chi connectivity index (χ1) is 8.63. The normalized spacial score (nSPS) is 10.6. The number of carbonyl (C=O) groups excluding carboxylic acids is 2. The molecule has 0 saturated heterocycles. The van der Waals surface area contributed by atoms with E-state index in [2.05, 4.69) is 0 Å². The van der Waals surface area contributed by atoms with Crippen LogP contribution >= 0.6 is 0 Å². The van der Waals surface area contributed by atoms with E-state index in [0.717, 1.165) is 5.56 Å². The van der Waals surface area contributed by atoms with Gasteiger partial charge in [0.25, 0.3) is 0 Å². The average Bonchev–Trinajstić information content (AvgIpc) is 2.37. The second-order valence-corrected chi connectivity index (χ2v) is 3.69. The van der Waals surface area contributed by atoms with Crippen LogP contribution in [0.2, 0.25) is 0 Å². The zero-order chi connectivity index (χ0) is 13.4. The summed E-state index contributed by atoms with van der Waals surface area (Å²) in [5, 5.41) is 0. The maximum atomic E-state index is 11.5. The van der Waals surface area contributed by atoms with Crippen LogP contribution in [0.3, 0.4) is 0 Å². The van der Waals surface area contributed by atoms with Crippen molar-refractivity contribution >= 4 is 17.8 Å². The third kappa shape index (κ3) is 4.93. The number of hydrogen-bond donors (Lipinski definition) is 0. The van der Waals surface area contributed by atoms with Gasteiger partial charge < -0.3 is 9.47 Å². The smallest absolute Gasteiger partial charge is 0.338 e. The molecule has 0 spiro atoms. The Morgan fingerprint density at radius 1 is 1.17 bits per heavy atom. The zero-order valence-corrected chi connectivity index (χ0v) is 10.5. The molecular formula is C14H16O4. The highest BCUT2D eigenvalue weighted by Crippen LogP contribution is 2.07. The van der Waals surface area contributed by atoms with Crippen LogP contribution in [-0.4, -0.2) is 32.1 Å². The fourth-order valence-corrected chi connectivity index (χ4v) is 1.24. The molecule has 0 aliphatic heterocycles. The van der Waals surface area contributed by atoms with E-state index >= 15 is 0 Å². The molecule has 0 aliphatic rings. The van der Waals surface area contributed by atoms with Crippen molar-refractivity contribution in [2.24, 2.45) is 0 Å². The number of hydrogen-bond acceptors (Lipinski definition) is 4. The third-order valence-corrected chi connectivity index (χ3v) is 2.18. The monoisotopic (exact) mass is 248 g/mol. The minimum absolute atomic E-state index is 0.0157. The molecule has 0 heterocycles. The summed E-state index contributed by atoms with van der Waals surface area (Å²) in [6, 6.07) is 6.84. The number of esters is 1. The lowest BCUT2D eigenvalue weighted by Gasteiger charge is -2.04. The molecule has 18 heavy (non-hydrogen) atoms. The lowest BCUT2D eigenvalue weighted by atomic mass is 10.1. The van der Waals surface area contributed by atoms with E-state index in [9.17, 15) is 9.59 Å². The van der Waals surface area contributed by atoms with E-state index in [-0.39, 0.29) is 18.4 Å². The summed E-state index contributed by atoms with van der Waals surface area (Å²) in [5.74, 6) is -0.396. The molecule has 4 heteroatoms. The standard InChI is InChI=1S/C14H16O4/c1-11(15)3-4-12-5-7-13(8-6-12)14(16)18-10-9-17-2/h3-8H,9-10H2,1-2H3/b4-3+. The molecule has 0 radical (unpaired) electrons. The maximum Gasteiger partial charge on any atom is 0.338 e. The van der Waals surface area contributed by atoms with E-state index in [1.807, 2.05) is 0 Å². The molecule has 0 bridgehead atoms. The highest BCUT2D eigenvalue weighted by molar-refractivity contribution is 5.92. The summed E-state index contributed by atoms with van der Waals surface area (Å²) in [5.41, 5.74) is 1.34. The van der Waals surface area contributed by atoms with Crippen LogP contribution in [0.25, 0.3) is 6.08 Å². The van der Waals surface area contributed by atoms with E-state index in [1.165, 1.54) is 13.0 Å². The quantitative estimate of drug-likeness (QED) is 0.439. The van der Waals surface area contributed by atoms with Gasteiger partial charge >= 0.3 is 5.97 Å². The van der Waals surface area contributed by atoms with Crippen molar-refractivity contribution in [1.82, 2.24) is 0 Å². The molecule has 0 N–H and O–H groups in total. The van der Waals surface area contributed by atoms with Crippen LogP contribution in [0.1, 0.15) is 22.8 Å². The van der Waals surface area contributed by atoms with Crippen molar-refractivity contribution in [1.29, 1.82) is 0 Å². The van der Waals surface area contributed by atoms with Crippen molar-refractivity contribution in [2.75, 3.05) is 20.3 Å². The molecule has 96 valence electrons. The van der Waals surface area contributed by atoms with Crippen LogP contribution < -0.4 is 0 Å². The van der Waals surface area contributed by atoms with E-state index in [0.29, 0.717) is 12.2 Å². The largest absolute Gasteiger partial charge is 0.460 e. The van der Waals surface area contributed by atoms with Gasteiger partial charge in [-0.2, -0.15) is 0 Å². The number of methoxy groups -OCH3 is 1. The van der Waals surface area contributed by atoms with Crippen molar-refractivity contribution in [3.8, 4) is 0 Å². The lowest BCUT2D eigenvalue weighted by molar-refractivity contribution is -0.112. The lowest BCUT2D eigenvalue weighted by Crippen LogP contribution is -2.09. The Morgan fingerprint density at radius 3 is 2.39 bits per heavy atom. The van der Waals surface area contributed by atoms with Crippen LogP contribution in [0.5, 0.6) is 0 Å². The van der Waals surface area contributed by atoms with Crippen molar-refractivity contribution in [3.63, 3.8) is 0 Å². The second-order valence-electron chi connectivity index (χ2n) is 3.69. The number of allylic oxidation sites excluding steroid dienone is 1. The van der Waals surface area contributed by atoms with Crippen LogP contribution in [0.15, 0.2) is 30.3 Å². The minimum atomic E-state index is -0.380. The second kappa shape index (κ2) is 7.40. The highest BCUT2D eigenvalue weighted by Gasteiger charge is 2.05. The molecule has 0 atom stereocenters. The zero-order valence-electron chi connectivity index (χ0n) is 10.5. The van der Waals surface area contributed by atoms with Crippen molar-refractivity contribution in [3.05, 3.63) is 41.5 Å². The van der Waals surface area contributed by atoms with Crippen LogP contribution in [0.4, 0.5) is 0 Å². The number of benzene rings is 1. The molecule has 0 fully saturated rings. The molecule has 0 amide bonds.